The largest absolute Gasteiger partial charge is 0.369 e. The summed E-state index contributed by atoms with van der Waals surface area (Å²) in [4.78, 5) is 25.2. The zero-order chi connectivity index (χ0) is 18.2. The zero-order valence-corrected chi connectivity index (χ0v) is 15.1. The molecule has 0 unspecified atom stereocenters. The van der Waals surface area contributed by atoms with Gasteiger partial charge in [0.05, 0.1) is 10.8 Å². The molecule has 0 spiro atoms. The maximum Gasteiger partial charge on any atom is 0.243 e. The average molecular weight is 365 g/mol. The highest BCUT2D eigenvalue weighted by Gasteiger charge is 2.34. The number of primary amides is 1. The van der Waals surface area contributed by atoms with Crippen molar-refractivity contribution in [2.75, 3.05) is 24.5 Å². The summed E-state index contributed by atoms with van der Waals surface area (Å²) in [6.07, 6.45) is 2.49. The summed E-state index contributed by atoms with van der Waals surface area (Å²) in [6.45, 7) is 2.83. The third kappa shape index (κ3) is 3.41. The first-order valence-electron chi connectivity index (χ1n) is 8.51. The molecule has 1 aromatic carbocycles. The molecule has 2 fully saturated rings. The Morgan fingerprint density at radius 1 is 1.24 bits per heavy atom. The number of carbonyl (C=O) groups excluding carboxylic acids is 2. The fourth-order valence-corrected chi connectivity index (χ4v) is 5.26. The zero-order valence-electron chi connectivity index (χ0n) is 14.3. The van der Waals surface area contributed by atoms with Gasteiger partial charge in [-0.15, -0.1) is 0 Å². The van der Waals surface area contributed by atoms with Crippen molar-refractivity contribution in [1.29, 1.82) is 0 Å². The van der Waals surface area contributed by atoms with Crippen LogP contribution in [0, 0.1) is 12.8 Å². The highest BCUT2D eigenvalue weighted by atomic mass is 32.2. The molecule has 2 aliphatic rings. The highest BCUT2D eigenvalue weighted by Crippen LogP contribution is 2.30. The van der Waals surface area contributed by atoms with Gasteiger partial charge in [0.25, 0.3) is 0 Å². The number of rotatable bonds is 4. The third-order valence-corrected chi connectivity index (χ3v) is 6.97. The van der Waals surface area contributed by atoms with Gasteiger partial charge in [0.15, 0.2) is 0 Å². The summed E-state index contributed by atoms with van der Waals surface area (Å²) in [5.74, 6) is -0.904. The quantitative estimate of drug-likeness (QED) is 0.860. The van der Waals surface area contributed by atoms with Crippen molar-refractivity contribution in [3.63, 3.8) is 0 Å². The van der Waals surface area contributed by atoms with Crippen molar-refractivity contribution in [2.24, 2.45) is 11.7 Å². The molecule has 7 nitrogen and oxygen atoms in total. The highest BCUT2D eigenvalue weighted by molar-refractivity contribution is 7.89. The number of anilines is 1. The monoisotopic (exact) mass is 365 g/mol. The molecule has 2 saturated heterocycles. The van der Waals surface area contributed by atoms with E-state index in [-0.39, 0.29) is 17.3 Å². The predicted octanol–water partition coefficient (Wildman–Crippen LogP) is 1.01. The second kappa shape index (κ2) is 6.76. The lowest BCUT2D eigenvalue weighted by Crippen LogP contribution is -2.44. The summed E-state index contributed by atoms with van der Waals surface area (Å²) in [5, 5.41) is 0. The van der Waals surface area contributed by atoms with Gasteiger partial charge in [-0.1, -0.05) is 6.07 Å². The molecule has 0 bridgehead atoms. The molecule has 0 aliphatic carbocycles. The molecule has 8 heteroatoms. The van der Waals surface area contributed by atoms with E-state index in [1.165, 1.54) is 4.31 Å². The lowest BCUT2D eigenvalue weighted by Gasteiger charge is -2.31. The summed E-state index contributed by atoms with van der Waals surface area (Å²) < 4.78 is 27.5. The normalized spacial score (nSPS) is 22.4. The van der Waals surface area contributed by atoms with Gasteiger partial charge in [0.1, 0.15) is 0 Å². The van der Waals surface area contributed by atoms with Crippen LogP contribution in [0.4, 0.5) is 5.69 Å². The fourth-order valence-electron chi connectivity index (χ4n) is 3.49. The number of piperidine rings is 1. The summed E-state index contributed by atoms with van der Waals surface area (Å²) >= 11 is 0. The number of carbonyl (C=O) groups is 2. The lowest BCUT2D eigenvalue weighted by atomic mass is 9.99. The molecule has 3 rings (SSSR count). The first-order chi connectivity index (χ1) is 11.8. The fraction of sp³-hybridized carbons (Fsp3) is 0.529. The molecular formula is C17H23N3O4S. The Bertz CT molecular complexity index is 806. The van der Waals surface area contributed by atoms with Gasteiger partial charge in [-0.3, -0.25) is 9.59 Å². The van der Waals surface area contributed by atoms with E-state index in [1.54, 1.807) is 30.0 Å². The van der Waals surface area contributed by atoms with E-state index in [9.17, 15) is 18.0 Å². The van der Waals surface area contributed by atoms with Crippen molar-refractivity contribution in [3.8, 4) is 0 Å². The van der Waals surface area contributed by atoms with Crippen molar-refractivity contribution >= 4 is 27.5 Å². The molecule has 136 valence electrons. The summed E-state index contributed by atoms with van der Waals surface area (Å²) in [5.41, 5.74) is 6.59. The van der Waals surface area contributed by atoms with Crippen LogP contribution in [-0.2, 0) is 19.6 Å². The van der Waals surface area contributed by atoms with Crippen LogP contribution in [0.3, 0.4) is 0 Å². The SMILES string of the molecule is Cc1ccc(N2CCCC2=O)cc1S(=O)(=O)N1CCC[C@H](C(N)=O)C1. The van der Waals surface area contributed by atoms with Gasteiger partial charge < -0.3 is 10.6 Å². The minimum Gasteiger partial charge on any atom is -0.369 e. The lowest BCUT2D eigenvalue weighted by molar-refractivity contribution is -0.122. The number of nitrogens with two attached hydrogens (primary N) is 1. The molecule has 2 heterocycles. The number of sulfonamides is 1. The molecule has 2 aliphatic heterocycles. The molecule has 1 aromatic rings. The summed E-state index contributed by atoms with van der Waals surface area (Å²) in [6, 6.07) is 5.07. The van der Waals surface area contributed by atoms with Crippen LogP contribution in [-0.4, -0.2) is 44.2 Å². The van der Waals surface area contributed by atoms with Crippen molar-refractivity contribution in [3.05, 3.63) is 23.8 Å². The Hall–Kier alpha value is -1.93. The average Bonchev–Trinajstić information content (AvgIpc) is 3.01. The molecular weight excluding hydrogens is 342 g/mol. The molecule has 0 aromatic heterocycles. The number of benzene rings is 1. The first-order valence-corrected chi connectivity index (χ1v) is 9.95. The number of nitrogens with zero attached hydrogens (tertiary/aromatic N) is 2. The van der Waals surface area contributed by atoms with Crippen molar-refractivity contribution < 1.29 is 18.0 Å². The van der Waals surface area contributed by atoms with E-state index >= 15 is 0 Å². The van der Waals surface area contributed by atoms with Gasteiger partial charge in [0, 0.05) is 31.7 Å². The number of aryl methyl sites for hydroxylation is 1. The van der Waals surface area contributed by atoms with Crippen LogP contribution in [0.1, 0.15) is 31.2 Å². The molecule has 1 atom stereocenters. The van der Waals surface area contributed by atoms with Gasteiger partial charge in [-0.2, -0.15) is 4.31 Å². The topological polar surface area (TPSA) is 101 Å². The van der Waals surface area contributed by atoms with E-state index in [1.807, 2.05) is 0 Å². The number of hydrogen-bond acceptors (Lipinski definition) is 4. The molecule has 2 amide bonds. The number of amides is 2. The third-order valence-electron chi connectivity index (χ3n) is 4.96. The van der Waals surface area contributed by atoms with Crippen LogP contribution in [0.25, 0.3) is 0 Å². The van der Waals surface area contributed by atoms with Crippen molar-refractivity contribution in [2.45, 2.75) is 37.5 Å². The Labute approximate surface area is 147 Å². The van der Waals surface area contributed by atoms with Crippen molar-refractivity contribution in [1.82, 2.24) is 4.31 Å². The molecule has 25 heavy (non-hydrogen) atoms. The maximum atomic E-state index is 13.1. The minimum atomic E-state index is -3.74. The molecule has 2 N–H and O–H groups in total. The van der Waals surface area contributed by atoms with E-state index in [0.717, 1.165) is 6.42 Å². The van der Waals surface area contributed by atoms with Crippen LogP contribution in [0.5, 0.6) is 0 Å². The van der Waals surface area contributed by atoms with E-state index in [4.69, 9.17) is 5.73 Å². The maximum absolute atomic E-state index is 13.1. The Kier molecular flexibility index (Phi) is 4.83. The molecule has 0 saturated carbocycles. The minimum absolute atomic E-state index is 0.0129. The first kappa shape index (κ1) is 17.9. The van der Waals surface area contributed by atoms with Gasteiger partial charge in [0.2, 0.25) is 21.8 Å². The van der Waals surface area contributed by atoms with E-state index < -0.39 is 21.8 Å². The predicted molar refractivity (Wildman–Crippen MR) is 93.4 cm³/mol. The van der Waals surface area contributed by atoms with Gasteiger partial charge in [-0.05, 0) is 43.9 Å². The number of hydrogen-bond donors (Lipinski definition) is 1. The standard InChI is InChI=1S/C17H23N3O4S/c1-12-6-7-14(20-9-3-5-16(20)21)10-15(12)25(23,24)19-8-2-4-13(11-19)17(18)22/h6-7,10,13H,2-5,8-9,11H2,1H3,(H2,18,22)/t13-/m0/s1. The van der Waals surface area contributed by atoms with Crippen LogP contribution >= 0.6 is 0 Å². The second-order valence-electron chi connectivity index (χ2n) is 6.70. The Balaban J connectivity index is 1.94. The van der Waals surface area contributed by atoms with E-state index in [0.29, 0.717) is 43.6 Å². The van der Waals surface area contributed by atoms with Gasteiger partial charge in [-0.25, -0.2) is 8.42 Å². The second-order valence-corrected chi connectivity index (χ2v) is 8.61. The molecule has 0 radical (unpaired) electrons. The van der Waals surface area contributed by atoms with Gasteiger partial charge >= 0.3 is 0 Å². The Morgan fingerprint density at radius 2 is 2.00 bits per heavy atom. The smallest absolute Gasteiger partial charge is 0.243 e. The summed E-state index contributed by atoms with van der Waals surface area (Å²) in [7, 11) is -3.74. The van der Waals surface area contributed by atoms with Crippen LogP contribution < -0.4 is 10.6 Å². The van der Waals surface area contributed by atoms with Crippen LogP contribution in [0.15, 0.2) is 23.1 Å². The van der Waals surface area contributed by atoms with Crippen LogP contribution in [0.2, 0.25) is 0 Å². The Morgan fingerprint density at radius 3 is 2.64 bits per heavy atom. The van der Waals surface area contributed by atoms with E-state index in [2.05, 4.69) is 0 Å².